The van der Waals surface area contributed by atoms with Crippen LogP contribution < -0.4 is 15.0 Å². The first-order valence-corrected chi connectivity index (χ1v) is 14.1. The summed E-state index contributed by atoms with van der Waals surface area (Å²) in [7, 11) is 0. The second-order valence-electron chi connectivity index (χ2n) is 10.4. The second kappa shape index (κ2) is 11.9. The third-order valence-corrected chi connectivity index (χ3v) is 7.75. The van der Waals surface area contributed by atoms with Gasteiger partial charge in [0.15, 0.2) is 23.2 Å². The molecule has 0 aliphatic carbocycles. The number of nitrogens with one attached hydrogen (secondary N) is 2. The van der Waals surface area contributed by atoms with Crippen LogP contribution in [0.2, 0.25) is 0 Å². The molecule has 12 heteroatoms. The normalized spacial score (nSPS) is 16.2. The zero-order valence-electron chi connectivity index (χ0n) is 23.6. The van der Waals surface area contributed by atoms with Crippen molar-refractivity contribution in [1.29, 1.82) is 0 Å². The number of likely N-dealkylation sites (N-methyl/N-ethyl adjacent to an activating group) is 1. The molecule has 2 aromatic heterocycles. The number of carbonyl (C=O) groups excluding carboxylic acids is 1. The summed E-state index contributed by atoms with van der Waals surface area (Å²) in [4.78, 5) is 31.5. The van der Waals surface area contributed by atoms with E-state index < -0.39 is 17.5 Å². The van der Waals surface area contributed by atoms with Crippen LogP contribution in [0.3, 0.4) is 0 Å². The van der Waals surface area contributed by atoms with Gasteiger partial charge in [0.2, 0.25) is 5.88 Å². The van der Waals surface area contributed by atoms with Gasteiger partial charge in [-0.25, -0.2) is 18.7 Å². The van der Waals surface area contributed by atoms with Crippen LogP contribution in [0.25, 0.3) is 10.9 Å². The van der Waals surface area contributed by atoms with Crippen molar-refractivity contribution in [3.8, 4) is 11.6 Å². The number of ether oxygens (including phenoxy) is 2. The average Bonchev–Trinajstić information content (AvgIpc) is 3.43. The maximum Gasteiger partial charge on any atom is 0.263 e. The average molecular weight is 578 g/mol. The van der Waals surface area contributed by atoms with Crippen molar-refractivity contribution in [3.63, 3.8) is 0 Å². The van der Waals surface area contributed by atoms with E-state index in [9.17, 15) is 9.18 Å². The zero-order valence-corrected chi connectivity index (χ0v) is 23.6. The summed E-state index contributed by atoms with van der Waals surface area (Å²) in [5.74, 6) is -2.21. The minimum absolute atomic E-state index is 0.0179. The van der Waals surface area contributed by atoms with Gasteiger partial charge in [0.25, 0.3) is 5.91 Å². The third kappa shape index (κ3) is 5.59. The highest BCUT2D eigenvalue weighted by atomic mass is 19.1. The fourth-order valence-corrected chi connectivity index (χ4v) is 5.39. The molecule has 2 aliphatic rings. The lowest BCUT2D eigenvalue weighted by molar-refractivity contribution is 0.0301. The van der Waals surface area contributed by atoms with Crippen molar-refractivity contribution in [2.75, 3.05) is 69.2 Å². The number of aromatic amines is 1. The Bertz CT molecular complexity index is 1580. The molecule has 2 aliphatic heterocycles. The van der Waals surface area contributed by atoms with E-state index in [2.05, 4.69) is 37.0 Å². The Kier molecular flexibility index (Phi) is 7.90. The van der Waals surface area contributed by atoms with Crippen molar-refractivity contribution in [1.82, 2.24) is 24.8 Å². The van der Waals surface area contributed by atoms with Gasteiger partial charge in [-0.3, -0.25) is 4.79 Å². The molecule has 0 atom stereocenters. The van der Waals surface area contributed by atoms with Crippen LogP contribution in [0, 0.1) is 18.6 Å². The van der Waals surface area contributed by atoms with E-state index in [0.29, 0.717) is 37.7 Å². The highest BCUT2D eigenvalue weighted by molar-refractivity contribution is 6.01. The van der Waals surface area contributed by atoms with Gasteiger partial charge in [-0.1, -0.05) is 6.92 Å². The Balaban J connectivity index is 1.31. The standard InChI is InChI=1S/C30H33F2N7O3/c1-3-37-8-10-38(11-9-37)21-6-4-20(5-7-21)36-28-25(30(40)39-12-14-41-15-13-39)29(34-18-33-28)42-24-17-23(31)27-22(26(24)32)16-19(2)35-27/h4-7,16-18,35H,3,8-15H2,1-2H3,(H,33,34,36). The third-order valence-electron chi connectivity index (χ3n) is 7.75. The zero-order chi connectivity index (χ0) is 29.2. The van der Waals surface area contributed by atoms with Crippen molar-refractivity contribution < 1.29 is 23.0 Å². The largest absolute Gasteiger partial charge is 0.435 e. The number of hydrogen-bond acceptors (Lipinski definition) is 8. The van der Waals surface area contributed by atoms with E-state index in [4.69, 9.17) is 9.47 Å². The number of carbonyl (C=O) groups is 1. The molecule has 0 bridgehead atoms. The van der Waals surface area contributed by atoms with Crippen molar-refractivity contribution in [2.24, 2.45) is 0 Å². The number of H-pyrrole nitrogens is 1. The fraction of sp³-hybridized carbons (Fsp3) is 0.367. The number of amides is 1. The second-order valence-corrected chi connectivity index (χ2v) is 10.4. The maximum atomic E-state index is 15.4. The van der Waals surface area contributed by atoms with Crippen molar-refractivity contribution in [3.05, 3.63) is 65.6 Å². The molecule has 2 N–H and O–H groups in total. The SMILES string of the molecule is CCN1CCN(c2ccc(Nc3ncnc(Oc4cc(F)c5[nH]c(C)cc5c4F)c3C(=O)N3CCOCC3)cc2)CC1. The Morgan fingerprint density at radius 1 is 1.05 bits per heavy atom. The lowest BCUT2D eigenvalue weighted by Gasteiger charge is -2.35. The number of fused-ring (bicyclic) bond motifs is 1. The van der Waals surface area contributed by atoms with Crippen LogP contribution in [0.1, 0.15) is 23.0 Å². The van der Waals surface area contributed by atoms with Crippen LogP contribution in [-0.2, 0) is 4.74 Å². The summed E-state index contributed by atoms with van der Waals surface area (Å²) >= 11 is 0. The first kappa shape index (κ1) is 27.9. The summed E-state index contributed by atoms with van der Waals surface area (Å²) < 4.78 is 41.5. The number of anilines is 3. The van der Waals surface area contributed by atoms with E-state index in [1.54, 1.807) is 11.8 Å². The van der Waals surface area contributed by atoms with E-state index in [-0.39, 0.29) is 33.9 Å². The molecule has 42 heavy (non-hydrogen) atoms. The van der Waals surface area contributed by atoms with Crippen LogP contribution in [0.5, 0.6) is 11.6 Å². The summed E-state index contributed by atoms with van der Waals surface area (Å²) in [6.45, 7) is 10.4. The van der Waals surface area contributed by atoms with Gasteiger partial charge >= 0.3 is 0 Å². The number of benzene rings is 2. The highest BCUT2D eigenvalue weighted by Crippen LogP contribution is 2.35. The molecule has 2 aromatic carbocycles. The Labute approximate surface area is 242 Å². The van der Waals surface area contributed by atoms with E-state index >= 15 is 4.39 Å². The predicted molar refractivity (Wildman–Crippen MR) is 156 cm³/mol. The molecule has 220 valence electrons. The lowest BCUT2D eigenvalue weighted by atomic mass is 10.2. The Morgan fingerprint density at radius 2 is 1.79 bits per heavy atom. The predicted octanol–water partition coefficient (Wildman–Crippen LogP) is 4.69. The molecule has 0 radical (unpaired) electrons. The van der Waals surface area contributed by atoms with Crippen LogP contribution in [0.15, 0.2) is 42.7 Å². The van der Waals surface area contributed by atoms with Gasteiger partial charge in [-0.15, -0.1) is 0 Å². The topological polar surface area (TPSA) is 98.8 Å². The summed E-state index contributed by atoms with van der Waals surface area (Å²) in [5.41, 5.74) is 2.48. The quantitative estimate of drug-likeness (QED) is 0.326. The molecule has 2 fully saturated rings. The number of rotatable bonds is 7. The maximum absolute atomic E-state index is 15.4. The van der Waals surface area contributed by atoms with Gasteiger partial charge in [0.05, 0.1) is 18.7 Å². The van der Waals surface area contributed by atoms with E-state index in [1.807, 2.05) is 24.3 Å². The number of aromatic nitrogens is 3. The monoisotopic (exact) mass is 577 g/mol. The molecule has 6 rings (SSSR count). The van der Waals surface area contributed by atoms with Gasteiger partial charge in [0, 0.05) is 67.8 Å². The minimum atomic E-state index is -0.760. The van der Waals surface area contributed by atoms with E-state index in [0.717, 1.165) is 44.5 Å². The Morgan fingerprint density at radius 3 is 2.50 bits per heavy atom. The van der Waals surface area contributed by atoms with Crippen LogP contribution >= 0.6 is 0 Å². The molecule has 0 unspecified atom stereocenters. The summed E-state index contributed by atoms with van der Waals surface area (Å²) in [6, 6.07) is 10.3. The molecule has 0 spiro atoms. The highest BCUT2D eigenvalue weighted by Gasteiger charge is 2.29. The summed E-state index contributed by atoms with van der Waals surface area (Å²) in [6.07, 6.45) is 1.22. The molecular formula is C30H33F2N7O3. The van der Waals surface area contributed by atoms with Crippen molar-refractivity contribution in [2.45, 2.75) is 13.8 Å². The van der Waals surface area contributed by atoms with Crippen molar-refractivity contribution >= 4 is 34.0 Å². The lowest BCUT2D eigenvalue weighted by Crippen LogP contribution is -2.46. The van der Waals surface area contributed by atoms with Crippen LogP contribution in [0.4, 0.5) is 26.0 Å². The first-order valence-electron chi connectivity index (χ1n) is 14.1. The van der Waals surface area contributed by atoms with Gasteiger partial charge in [0.1, 0.15) is 11.9 Å². The van der Waals surface area contributed by atoms with Gasteiger partial charge in [-0.05, 0) is 43.8 Å². The number of aryl methyl sites for hydroxylation is 1. The molecule has 2 saturated heterocycles. The summed E-state index contributed by atoms with van der Waals surface area (Å²) in [5, 5.41) is 3.26. The van der Waals surface area contributed by atoms with E-state index in [1.165, 1.54) is 12.4 Å². The fourth-order valence-electron chi connectivity index (χ4n) is 5.39. The van der Waals surface area contributed by atoms with Gasteiger partial charge in [-0.2, -0.15) is 0 Å². The Hall–Kier alpha value is -4.29. The van der Waals surface area contributed by atoms with Crippen LogP contribution in [-0.4, -0.2) is 89.7 Å². The number of piperazine rings is 1. The minimum Gasteiger partial charge on any atom is -0.435 e. The first-order chi connectivity index (χ1) is 20.4. The van der Waals surface area contributed by atoms with Gasteiger partial charge < -0.3 is 34.5 Å². The molecule has 10 nitrogen and oxygen atoms in total. The number of hydrogen-bond donors (Lipinski definition) is 2. The number of morpholine rings is 1. The molecule has 0 saturated carbocycles. The smallest absolute Gasteiger partial charge is 0.263 e. The molecular weight excluding hydrogens is 544 g/mol. The molecule has 1 amide bonds. The molecule has 4 aromatic rings. The number of nitrogens with zero attached hydrogens (tertiary/aromatic N) is 5. The molecule has 4 heterocycles. The number of halogens is 2.